The van der Waals surface area contributed by atoms with Crippen LogP contribution in [0.5, 0.6) is 0 Å². The number of carbonyl (C=O) groups excluding carboxylic acids is 3. The van der Waals surface area contributed by atoms with Crippen LogP contribution in [0.25, 0.3) is 0 Å². The summed E-state index contributed by atoms with van der Waals surface area (Å²) in [7, 11) is 0. The number of benzene rings is 1. The molecule has 140 valence electrons. The number of hydrogen-bond donors (Lipinski definition) is 1. The first kappa shape index (κ1) is 18.5. The van der Waals surface area contributed by atoms with Crippen LogP contribution < -0.4 is 10.2 Å². The highest BCUT2D eigenvalue weighted by molar-refractivity contribution is 6.32. The molecule has 1 saturated heterocycles. The van der Waals surface area contributed by atoms with Crippen molar-refractivity contribution in [3.8, 4) is 0 Å². The molecule has 1 aliphatic rings. The summed E-state index contributed by atoms with van der Waals surface area (Å²) in [6, 6.07) is 4.54. The number of aliphatic imine (C=N–C) groups is 1. The van der Waals surface area contributed by atoms with E-state index in [1.54, 1.807) is 24.7 Å². The Labute approximate surface area is 156 Å². The number of barbiturate groups is 1. The van der Waals surface area contributed by atoms with Gasteiger partial charge in [0.05, 0.1) is 12.0 Å². The maximum atomic E-state index is 12.7. The minimum absolute atomic E-state index is 0.437. The number of imidazole rings is 1. The number of aryl methyl sites for hydroxylation is 3. The third-order valence-electron chi connectivity index (χ3n) is 4.47. The van der Waals surface area contributed by atoms with Crippen molar-refractivity contribution < 1.29 is 14.4 Å². The third-order valence-corrected chi connectivity index (χ3v) is 4.47. The predicted octanol–water partition coefficient (Wildman–Crippen LogP) is 1.86. The van der Waals surface area contributed by atoms with Gasteiger partial charge >= 0.3 is 6.03 Å². The van der Waals surface area contributed by atoms with E-state index in [9.17, 15) is 14.4 Å². The number of rotatable bonds is 6. The van der Waals surface area contributed by atoms with E-state index in [4.69, 9.17) is 0 Å². The van der Waals surface area contributed by atoms with Gasteiger partial charge in [-0.2, -0.15) is 0 Å². The average molecular weight is 367 g/mol. The number of amides is 4. The topological polar surface area (TPSA) is 96.7 Å². The van der Waals surface area contributed by atoms with E-state index in [0.29, 0.717) is 12.2 Å². The Balaban J connectivity index is 1.68. The maximum absolute atomic E-state index is 12.7. The first-order chi connectivity index (χ1) is 13.0. The molecule has 0 spiro atoms. The summed E-state index contributed by atoms with van der Waals surface area (Å²) in [4.78, 5) is 46.2. The molecule has 1 aromatic carbocycles. The molecular weight excluding hydrogens is 346 g/mol. The largest absolute Gasteiger partial charge is 0.337 e. The van der Waals surface area contributed by atoms with Crippen molar-refractivity contribution in [3.63, 3.8) is 0 Å². The number of aromatic nitrogens is 2. The molecule has 3 rings (SSSR count). The quantitative estimate of drug-likeness (QED) is 0.479. The molecule has 1 aromatic heterocycles. The molecule has 27 heavy (non-hydrogen) atoms. The van der Waals surface area contributed by atoms with E-state index in [-0.39, 0.29) is 0 Å². The van der Waals surface area contributed by atoms with Crippen molar-refractivity contribution in [2.24, 2.45) is 10.9 Å². The standard InChI is InChI=1S/C19H21N5O3/c1-13-4-5-15(10-14(13)2)24-18(26)16(17(25)22-19(24)27)11-20-6-3-8-23-9-7-21-12-23/h4-5,7,9-12,16H,3,6,8H2,1-2H3,(H,22,25,27)/t16-/m1/s1. The maximum Gasteiger partial charge on any atom is 0.335 e. The lowest BCUT2D eigenvalue weighted by Gasteiger charge is -2.28. The zero-order valence-electron chi connectivity index (χ0n) is 15.3. The molecule has 8 heteroatoms. The molecule has 0 radical (unpaired) electrons. The van der Waals surface area contributed by atoms with Crippen molar-refractivity contribution in [1.29, 1.82) is 0 Å². The zero-order valence-corrected chi connectivity index (χ0v) is 15.3. The second-order valence-electron chi connectivity index (χ2n) is 6.42. The van der Waals surface area contributed by atoms with Gasteiger partial charge in [-0.1, -0.05) is 6.07 Å². The molecule has 2 aromatic rings. The molecule has 4 amide bonds. The fraction of sp³-hybridized carbons (Fsp3) is 0.316. The fourth-order valence-corrected chi connectivity index (χ4v) is 2.77. The van der Waals surface area contributed by atoms with Gasteiger partial charge in [-0.15, -0.1) is 0 Å². The summed E-state index contributed by atoms with van der Waals surface area (Å²) < 4.78 is 1.92. The van der Waals surface area contributed by atoms with E-state index < -0.39 is 23.8 Å². The third kappa shape index (κ3) is 4.11. The molecule has 1 N–H and O–H groups in total. The molecule has 0 saturated carbocycles. The normalized spacial score (nSPS) is 17.6. The van der Waals surface area contributed by atoms with Gasteiger partial charge in [0.15, 0.2) is 5.92 Å². The summed E-state index contributed by atoms with van der Waals surface area (Å²) in [6.07, 6.45) is 7.34. The summed E-state index contributed by atoms with van der Waals surface area (Å²) >= 11 is 0. The molecule has 0 bridgehead atoms. The van der Waals surface area contributed by atoms with Crippen LogP contribution in [0.2, 0.25) is 0 Å². The van der Waals surface area contributed by atoms with Crippen molar-refractivity contribution in [2.45, 2.75) is 26.8 Å². The Bertz CT molecular complexity index is 889. The first-order valence-electron chi connectivity index (χ1n) is 8.69. The Morgan fingerprint density at radius 1 is 1.22 bits per heavy atom. The fourth-order valence-electron chi connectivity index (χ4n) is 2.77. The first-order valence-corrected chi connectivity index (χ1v) is 8.69. The SMILES string of the molecule is Cc1ccc(N2C(=O)NC(=O)[C@@H](C=NCCCn3ccnc3)C2=O)cc1C. The van der Waals surface area contributed by atoms with E-state index in [0.717, 1.165) is 29.0 Å². The second-order valence-corrected chi connectivity index (χ2v) is 6.42. The lowest BCUT2D eigenvalue weighted by Crippen LogP contribution is -2.58. The Morgan fingerprint density at radius 2 is 2.04 bits per heavy atom. The summed E-state index contributed by atoms with van der Waals surface area (Å²) in [5.41, 5.74) is 2.44. The second kappa shape index (κ2) is 7.94. The zero-order chi connectivity index (χ0) is 19.4. The molecule has 1 atom stereocenters. The van der Waals surface area contributed by atoms with Crippen LogP contribution in [0.4, 0.5) is 10.5 Å². The van der Waals surface area contributed by atoms with E-state index in [1.807, 2.05) is 30.7 Å². The molecular formula is C19H21N5O3. The van der Waals surface area contributed by atoms with Gasteiger partial charge < -0.3 is 4.57 Å². The molecule has 8 nitrogen and oxygen atoms in total. The van der Waals surface area contributed by atoms with Crippen LogP contribution in [0.15, 0.2) is 41.9 Å². The van der Waals surface area contributed by atoms with Gasteiger partial charge in [0.1, 0.15) is 0 Å². The van der Waals surface area contributed by atoms with Gasteiger partial charge in [-0.3, -0.25) is 19.9 Å². The molecule has 0 unspecified atom stereocenters. The van der Waals surface area contributed by atoms with Crippen LogP contribution in [-0.4, -0.2) is 40.2 Å². The number of carbonyl (C=O) groups is 3. The predicted molar refractivity (Wildman–Crippen MR) is 101 cm³/mol. The molecule has 1 fully saturated rings. The number of urea groups is 1. The van der Waals surface area contributed by atoms with Crippen LogP contribution in [0.1, 0.15) is 17.5 Å². The summed E-state index contributed by atoms with van der Waals surface area (Å²) in [5.74, 6) is -2.36. The van der Waals surface area contributed by atoms with Gasteiger partial charge in [0, 0.05) is 31.7 Å². The van der Waals surface area contributed by atoms with Gasteiger partial charge in [0.25, 0.3) is 5.91 Å². The number of nitrogens with zero attached hydrogens (tertiary/aromatic N) is 4. The van der Waals surface area contributed by atoms with Gasteiger partial charge in [-0.05, 0) is 43.5 Å². The lowest BCUT2D eigenvalue weighted by atomic mass is 10.0. The number of imide groups is 2. The molecule has 0 aliphatic carbocycles. The summed E-state index contributed by atoms with van der Waals surface area (Å²) in [6.45, 7) is 5.05. The Hall–Kier alpha value is -3.29. The van der Waals surface area contributed by atoms with Crippen LogP contribution in [-0.2, 0) is 16.1 Å². The smallest absolute Gasteiger partial charge is 0.335 e. The van der Waals surface area contributed by atoms with Crippen LogP contribution in [0.3, 0.4) is 0 Å². The van der Waals surface area contributed by atoms with E-state index in [1.165, 1.54) is 6.21 Å². The highest BCUT2D eigenvalue weighted by Gasteiger charge is 2.40. The average Bonchev–Trinajstić information content (AvgIpc) is 3.13. The van der Waals surface area contributed by atoms with E-state index in [2.05, 4.69) is 15.3 Å². The molecule has 1 aliphatic heterocycles. The van der Waals surface area contributed by atoms with E-state index >= 15 is 0 Å². The van der Waals surface area contributed by atoms with Crippen molar-refractivity contribution in [1.82, 2.24) is 14.9 Å². The number of nitrogens with one attached hydrogen (secondary N) is 1. The van der Waals surface area contributed by atoms with Gasteiger partial charge in [0.2, 0.25) is 5.91 Å². The summed E-state index contributed by atoms with van der Waals surface area (Å²) in [5, 5.41) is 2.23. The van der Waals surface area contributed by atoms with Gasteiger partial charge in [-0.25, -0.2) is 14.7 Å². The van der Waals surface area contributed by atoms with Crippen molar-refractivity contribution in [2.75, 3.05) is 11.4 Å². The minimum atomic E-state index is -1.11. The number of anilines is 1. The monoisotopic (exact) mass is 367 g/mol. The Kier molecular flexibility index (Phi) is 5.44. The van der Waals surface area contributed by atoms with Crippen LogP contribution >= 0.6 is 0 Å². The molecule has 2 heterocycles. The lowest BCUT2D eigenvalue weighted by molar-refractivity contribution is -0.131. The van der Waals surface area contributed by atoms with Crippen molar-refractivity contribution in [3.05, 3.63) is 48.0 Å². The minimum Gasteiger partial charge on any atom is -0.337 e. The highest BCUT2D eigenvalue weighted by atomic mass is 16.2. The van der Waals surface area contributed by atoms with Crippen molar-refractivity contribution >= 4 is 29.7 Å². The van der Waals surface area contributed by atoms with Crippen LogP contribution in [0, 0.1) is 19.8 Å². The number of hydrogen-bond acceptors (Lipinski definition) is 5. The highest BCUT2D eigenvalue weighted by Crippen LogP contribution is 2.23. The Morgan fingerprint density at radius 3 is 2.74 bits per heavy atom.